The van der Waals surface area contributed by atoms with Crippen LogP contribution in [0.1, 0.15) is 26.2 Å². The highest BCUT2D eigenvalue weighted by Gasteiger charge is 2.24. The van der Waals surface area contributed by atoms with Gasteiger partial charge in [0.15, 0.2) is 0 Å². The Balaban J connectivity index is 2.49. The zero-order valence-corrected chi connectivity index (χ0v) is 11.5. The van der Waals surface area contributed by atoms with E-state index in [1.807, 2.05) is 6.92 Å². The van der Waals surface area contributed by atoms with Crippen molar-refractivity contribution in [2.75, 3.05) is 27.2 Å². The Kier molecular flexibility index (Phi) is 4.91. The van der Waals surface area contributed by atoms with Gasteiger partial charge >= 0.3 is 0 Å². The van der Waals surface area contributed by atoms with Crippen molar-refractivity contribution in [3.05, 3.63) is 0 Å². The molecule has 1 fully saturated rings. The molecule has 0 bridgehead atoms. The summed E-state index contributed by atoms with van der Waals surface area (Å²) in [5, 5.41) is 0. The summed E-state index contributed by atoms with van der Waals surface area (Å²) in [5.74, 6) is 0.118. The molecule has 0 aromatic heterocycles. The van der Waals surface area contributed by atoms with Gasteiger partial charge in [-0.15, -0.1) is 0 Å². The first-order valence-corrected chi connectivity index (χ1v) is 7.25. The van der Waals surface area contributed by atoms with Crippen LogP contribution in [0.15, 0.2) is 0 Å². The van der Waals surface area contributed by atoms with Gasteiger partial charge in [-0.25, -0.2) is 4.72 Å². The first kappa shape index (κ1) is 14.4. The van der Waals surface area contributed by atoms with Crippen LogP contribution >= 0.6 is 0 Å². The number of rotatable bonds is 5. The Morgan fingerprint density at radius 3 is 2.59 bits per heavy atom. The fraction of sp³-hybridized carbons (Fsp3) is 0.900. The first-order valence-electron chi connectivity index (χ1n) is 5.81. The van der Waals surface area contributed by atoms with E-state index >= 15 is 0 Å². The van der Waals surface area contributed by atoms with Crippen molar-refractivity contribution in [1.82, 2.24) is 13.9 Å². The smallest absolute Gasteiger partial charge is 0.279 e. The Morgan fingerprint density at radius 2 is 2.06 bits per heavy atom. The molecule has 1 heterocycles. The lowest BCUT2D eigenvalue weighted by Crippen LogP contribution is -2.48. The lowest BCUT2D eigenvalue weighted by atomic mass is 10.1. The topological polar surface area (TPSA) is 69.7 Å². The molecule has 0 radical (unpaired) electrons. The molecule has 0 aromatic carbocycles. The van der Waals surface area contributed by atoms with E-state index < -0.39 is 10.2 Å². The third kappa shape index (κ3) is 3.93. The van der Waals surface area contributed by atoms with Gasteiger partial charge in [-0.1, -0.05) is 0 Å². The van der Waals surface area contributed by atoms with Gasteiger partial charge in [0.2, 0.25) is 5.91 Å². The number of amides is 1. The van der Waals surface area contributed by atoms with E-state index in [2.05, 4.69) is 4.72 Å². The predicted molar refractivity (Wildman–Crippen MR) is 65.6 cm³/mol. The number of nitrogens with one attached hydrogen (secondary N) is 1. The molecule has 1 atom stereocenters. The lowest BCUT2D eigenvalue weighted by molar-refractivity contribution is -0.135. The summed E-state index contributed by atoms with van der Waals surface area (Å²) in [4.78, 5) is 13.4. The molecule has 0 aromatic rings. The number of nitrogens with zero attached hydrogens (tertiary/aromatic N) is 2. The summed E-state index contributed by atoms with van der Waals surface area (Å²) in [6.07, 6.45) is 2.51. The molecule has 1 saturated heterocycles. The minimum atomic E-state index is -3.40. The van der Waals surface area contributed by atoms with Crippen molar-refractivity contribution in [1.29, 1.82) is 0 Å². The summed E-state index contributed by atoms with van der Waals surface area (Å²) < 4.78 is 26.6. The van der Waals surface area contributed by atoms with Crippen molar-refractivity contribution in [3.8, 4) is 0 Å². The van der Waals surface area contributed by atoms with E-state index in [-0.39, 0.29) is 18.5 Å². The maximum atomic E-state index is 11.6. The largest absolute Gasteiger partial charge is 0.339 e. The fourth-order valence-corrected chi connectivity index (χ4v) is 2.47. The van der Waals surface area contributed by atoms with Gasteiger partial charge in [0, 0.05) is 39.6 Å². The monoisotopic (exact) mass is 263 g/mol. The number of hydrogen-bond acceptors (Lipinski definition) is 3. The molecule has 0 saturated carbocycles. The predicted octanol–water partition coefficient (Wildman–Crippen LogP) is -0.217. The number of hydrogen-bond donors (Lipinski definition) is 1. The normalized spacial score (nSPS) is 19.8. The Hall–Kier alpha value is -0.660. The van der Waals surface area contributed by atoms with Crippen LogP contribution in [-0.4, -0.2) is 56.8 Å². The van der Waals surface area contributed by atoms with Crippen LogP contribution in [0.4, 0.5) is 0 Å². The van der Waals surface area contributed by atoms with E-state index in [1.165, 1.54) is 14.1 Å². The average Bonchev–Trinajstić information content (AvgIpc) is 2.26. The third-order valence-electron chi connectivity index (χ3n) is 2.93. The van der Waals surface area contributed by atoms with Crippen molar-refractivity contribution >= 4 is 16.1 Å². The molecule has 7 heteroatoms. The van der Waals surface area contributed by atoms with Crippen LogP contribution in [0.2, 0.25) is 0 Å². The van der Waals surface area contributed by atoms with E-state index in [4.69, 9.17) is 0 Å². The highest BCUT2D eigenvalue weighted by Crippen LogP contribution is 2.13. The Bertz CT molecular complexity index is 367. The van der Waals surface area contributed by atoms with Crippen molar-refractivity contribution < 1.29 is 13.2 Å². The van der Waals surface area contributed by atoms with E-state index in [0.717, 1.165) is 23.7 Å². The SMILES string of the molecule is CC(CNS(=O)(=O)N(C)C)N1CCCCC1=O. The van der Waals surface area contributed by atoms with Crippen LogP contribution < -0.4 is 4.72 Å². The highest BCUT2D eigenvalue weighted by molar-refractivity contribution is 7.87. The van der Waals surface area contributed by atoms with Crippen LogP contribution in [0.5, 0.6) is 0 Å². The third-order valence-corrected chi connectivity index (χ3v) is 4.43. The maximum Gasteiger partial charge on any atom is 0.279 e. The van der Waals surface area contributed by atoms with E-state index in [1.54, 1.807) is 4.90 Å². The second-order valence-corrected chi connectivity index (χ2v) is 6.50. The summed E-state index contributed by atoms with van der Waals surface area (Å²) in [5.41, 5.74) is 0. The molecule has 0 spiro atoms. The second kappa shape index (κ2) is 5.79. The molecular weight excluding hydrogens is 242 g/mol. The number of likely N-dealkylation sites (tertiary alicyclic amines) is 1. The van der Waals surface area contributed by atoms with Crippen molar-refractivity contribution in [2.45, 2.75) is 32.2 Å². The van der Waals surface area contributed by atoms with Crippen LogP contribution in [-0.2, 0) is 15.0 Å². The molecule has 100 valence electrons. The van der Waals surface area contributed by atoms with Crippen molar-refractivity contribution in [2.24, 2.45) is 0 Å². The zero-order chi connectivity index (χ0) is 13.1. The van der Waals surface area contributed by atoms with Gasteiger partial charge in [0.25, 0.3) is 10.2 Å². The van der Waals surface area contributed by atoms with Crippen LogP contribution in [0.25, 0.3) is 0 Å². The average molecular weight is 263 g/mol. The Morgan fingerprint density at radius 1 is 1.41 bits per heavy atom. The molecule has 17 heavy (non-hydrogen) atoms. The summed E-state index contributed by atoms with van der Waals surface area (Å²) in [6.45, 7) is 2.84. The zero-order valence-electron chi connectivity index (χ0n) is 10.6. The standard InChI is InChI=1S/C10H21N3O3S/c1-9(8-11-17(15,16)12(2)3)13-7-5-4-6-10(13)14/h9,11H,4-8H2,1-3H3. The molecule has 1 rings (SSSR count). The Labute approximate surface area is 103 Å². The highest BCUT2D eigenvalue weighted by atomic mass is 32.2. The molecule has 1 aliphatic heterocycles. The number of carbonyl (C=O) groups is 1. The quantitative estimate of drug-likeness (QED) is 0.746. The number of carbonyl (C=O) groups excluding carboxylic acids is 1. The van der Waals surface area contributed by atoms with Gasteiger partial charge in [-0.3, -0.25) is 4.79 Å². The summed E-state index contributed by atoms with van der Waals surface area (Å²) in [7, 11) is -0.461. The van der Waals surface area contributed by atoms with Crippen molar-refractivity contribution in [3.63, 3.8) is 0 Å². The second-order valence-electron chi connectivity index (χ2n) is 4.53. The van der Waals surface area contributed by atoms with Gasteiger partial charge < -0.3 is 4.90 Å². The molecule has 0 aliphatic carbocycles. The fourth-order valence-electron chi connectivity index (χ4n) is 1.76. The number of piperidine rings is 1. The van der Waals surface area contributed by atoms with Gasteiger partial charge in [0.05, 0.1) is 0 Å². The molecule has 1 amide bonds. The van der Waals surface area contributed by atoms with E-state index in [0.29, 0.717) is 6.42 Å². The summed E-state index contributed by atoms with van der Waals surface area (Å²) >= 11 is 0. The van der Waals surface area contributed by atoms with Gasteiger partial charge in [-0.2, -0.15) is 12.7 Å². The van der Waals surface area contributed by atoms with Crippen LogP contribution in [0.3, 0.4) is 0 Å². The first-order chi connectivity index (χ1) is 7.84. The minimum absolute atomic E-state index is 0.0995. The maximum absolute atomic E-state index is 11.6. The lowest BCUT2D eigenvalue weighted by Gasteiger charge is -2.32. The summed E-state index contributed by atoms with van der Waals surface area (Å²) in [6, 6.07) is -0.0995. The van der Waals surface area contributed by atoms with Gasteiger partial charge in [0.1, 0.15) is 0 Å². The molecular formula is C10H21N3O3S. The minimum Gasteiger partial charge on any atom is -0.339 e. The molecule has 6 nitrogen and oxygen atoms in total. The molecule has 1 aliphatic rings. The molecule has 1 unspecified atom stereocenters. The van der Waals surface area contributed by atoms with Gasteiger partial charge in [-0.05, 0) is 19.8 Å². The molecule has 1 N–H and O–H groups in total. The van der Waals surface area contributed by atoms with Crippen LogP contribution in [0, 0.1) is 0 Å². The van der Waals surface area contributed by atoms with E-state index in [9.17, 15) is 13.2 Å².